The zero-order valence-corrected chi connectivity index (χ0v) is 12.8. The average molecular weight is 303 g/mol. The highest BCUT2D eigenvalue weighted by Crippen LogP contribution is 2.10. The molecule has 2 rings (SSSR count). The number of anilines is 1. The summed E-state index contributed by atoms with van der Waals surface area (Å²) in [6, 6.07) is 15.5. The Morgan fingerprint density at radius 3 is 2.24 bits per heavy atom. The van der Waals surface area contributed by atoms with Gasteiger partial charge in [-0.1, -0.05) is 42.8 Å². The highest BCUT2D eigenvalue weighted by Gasteiger charge is 2.01. The molecular weight excluding hydrogens is 284 g/mol. The molecule has 0 aromatic heterocycles. The second-order valence-corrected chi connectivity index (χ2v) is 5.24. The van der Waals surface area contributed by atoms with Crippen molar-refractivity contribution < 1.29 is 4.79 Å². The van der Waals surface area contributed by atoms with E-state index >= 15 is 0 Å². The molecular formula is C17H19ClN2O. The predicted octanol–water partition coefficient (Wildman–Crippen LogP) is 3.63. The number of hydrogen-bond acceptors (Lipinski definition) is 2. The number of halogens is 1. The summed E-state index contributed by atoms with van der Waals surface area (Å²) in [4.78, 5) is 11.8. The van der Waals surface area contributed by atoms with Crippen molar-refractivity contribution >= 4 is 23.2 Å². The van der Waals surface area contributed by atoms with Gasteiger partial charge >= 0.3 is 0 Å². The molecule has 0 saturated heterocycles. The Hall–Kier alpha value is -2.00. The third-order valence-corrected chi connectivity index (χ3v) is 3.47. The molecule has 4 heteroatoms. The summed E-state index contributed by atoms with van der Waals surface area (Å²) in [6.07, 6.45) is 1.02. The van der Waals surface area contributed by atoms with Crippen LogP contribution < -0.4 is 10.6 Å². The molecule has 0 atom stereocenters. The number of carbonyl (C=O) groups excluding carboxylic acids is 1. The lowest BCUT2D eigenvalue weighted by Gasteiger charge is -2.08. The van der Waals surface area contributed by atoms with Crippen molar-refractivity contribution in [3.63, 3.8) is 0 Å². The van der Waals surface area contributed by atoms with Crippen LogP contribution in [0.1, 0.15) is 18.1 Å². The maximum absolute atomic E-state index is 11.8. The Morgan fingerprint density at radius 2 is 1.62 bits per heavy atom. The molecule has 0 unspecified atom stereocenters. The van der Waals surface area contributed by atoms with Crippen molar-refractivity contribution in [2.45, 2.75) is 19.9 Å². The van der Waals surface area contributed by atoms with Gasteiger partial charge in [-0.15, -0.1) is 0 Å². The lowest BCUT2D eigenvalue weighted by molar-refractivity contribution is -0.119. The predicted molar refractivity (Wildman–Crippen MR) is 87.6 cm³/mol. The first-order valence-corrected chi connectivity index (χ1v) is 7.39. The second-order valence-electron chi connectivity index (χ2n) is 4.81. The molecule has 0 saturated carbocycles. The van der Waals surface area contributed by atoms with Gasteiger partial charge in [-0.05, 0) is 41.8 Å². The molecule has 2 aromatic carbocycles. The number of aryl methyl sites for hydroxylation is 1. The molecule has 0 spiro atoms. The third kappa shape index (κ3) is 5.12. The molecule has 1 amide bonds. The van der Waals surface area contributed by atoms with Gasteiger partial charge in [0.15, 0.2) is 0 Å². The van der Waals surface area contributed by atoms with E-state index < -0.39 is 0 Å². The first-order valence-electron chi connectivity index (χ1n) is 7.01. The van der Waals surface area contributed by atoms with Gasteiger partial charge in [-0.3, -0.25) is 4.79 Å². The Kier molecular flexibility index (Phi) is 5.64. The van der Waals surface area contributed by atoms with Crippen molar-refractivity contribution in [3.05, 3.63) is 64.7 Å². The molecule has 2 N–H and O–H groups in total. The Labute approximate surface area is 130 Å². The number of benzene rings is 2. The summed E-state index contributed by atoms with van der Waals surface area (Å²) >= 11 is 5.82. The monoisotopic (exact) mass is 302 g/mol. The number of carbonyl (C=O) groups is 1. The van der Waals surface area contributed by atoms with E-state index in [2.05, 4.69) is 29.7 Å². The number of rotatable bonds is 6. The normalized spacial score (nSPS) is 10.2. The molecule has 3 nitrogen and oxygen atoms in total. The number of nitrogens with one attached hydrogen (secondary N) is 2. The molecule has 0 aliphatic rings. The molecule has 0 bridgehead atoms. The van der Waals surface area contributed by atoms with Gasteiger partial charge in [0.1, 0.15) is 0 Å². The zero-order valence-electron chi connectivity index (χ0n) is 12.0. The molecule has 2 aromatic rings. The van der Waals surface area contributed by atoms with Crippen molar-refractivity contribution in [1.82, 2.24) is 5.32 Å². The van der Waals surface area contributed by atoms with Crippen molar-refractivity contribution in [2.24, 2.45) is 0 Å². The SMILES string of the molecule is CCc1ccc(NCC(=O)NCc2ccc(Cl)cc2)cc1. The van der Waals surface area contributed by atoms with E-state index in [1.165, 1.54) is 5.56 Å². The van der Waals surface area contributed by atoms with Crippen LogP contribution in [0.3, 0.4) is 0 Å². The average Bonchev–Trinajstić information content (AvgIpc) is 2.53. The van der Waals surface area contributed by atoms with Gasteiger partial charge in [-0.25, -0.2) is 0 Å². The van der Waals surface area contributed by atoms with Crippen LogP contribution in [0.2, 0.25) is 5.02 Å². The van der Waals surface area contributed by atoms with Gasteiger partial charge in [0.05, 0.1) is 6.54 Å². The second kappa shape index (κ2) is 7.70. The zero-order chi connectivity index (χ0) is 15.1. The molecule has 0 fully saturated rings. The van der Waals surface area contributed by atoms with E-state index in [0.29, 0.717) is 11.6 Å². The maximum Gasteiger partial charge on any atom is 0.239 e. The van der Waals surface area contributed by atoms with Gasteiger partial charge < -0.3 is 10.6 Å². The smallest absolute Gasteiger partial charge is 0.239 e. The summed E-state index contributed by atoms with van der Waals surface area (Å²) in [7, 11) is 0. The quantitative estimate of drug-likeness (QED) is 0.855. The minimum absolute atomic E-state index is 0.0375. The van der Waals surface area contributed by atoms with E-state index in [1.54, 1.807) is 0 Å². The fraction of sp³-hybridized carbons (Fsp3) is 0.235. The van der Waals surface area contributed by atoms with E-state index in [0.717, 1.165) is 17.7 Å². The number of hydrogen-bond donors (Lipinski definition) is 2. The Bertz CT molecular complexity index is 579. The van der Waals surface area contributed by atoms with Crippen LogP contribution in [0, 0.1) is 0 Å². The van der Waals surface area contributed by atoms with Crippen LogP contribution in [0.25, 0.3) is 0 Å². The first kappa shape index (κ1) is 15.4. The van der Waals surface area contributed by atoms with Crippen LogP contribution in [0.4, 0.5) is 5.69 Å². The molecule has 0 aliphatic heterocycles. The van der Waals surface area contributed by atoms with Crippen LogP contribution in [0.15, 0.2) is 48.5 Å². The van der Waals surface area contributed by atoms with Crippen LogP contribution >= 0.6 is 11.6 Å². The highest BCUT2D eigenvalue weighted by atomic mass is 35.5. The van der Waals surface area contributed by atoms with Gasteiger partial charge in [0.25, 0.3) is 0 Å². The van der Waals surface area contributed by atoms with E-state index in [4.69, 9.17) is 11.6 Å². The largest absolute Gasteiger partial charge is 0.376 e. The topological polar surface area (TPSA) is 41.1 Å². The standard InChI is InChI=1S/C17H19ClN2O/c1-2-13-5-9-16(10-6-13)19-12-17(21)20-11-14-3-7-15(18)8-4-14/h3-10,19H,2,11-12H2,1H3,(H,20,21). The summed E-state index contributed by atoms with van der Waals surface area (Å²) in [5, 5.41) is 6.67. The fourth-order valence-corrected chi connectivity index (χ4v) is 2.03. The Balaban J connectivity index is 1.75. The lowest BCUT2D eigenvalue weighted by atomic mass is 10.1. The van der Waals surface area contributed by atoms with Gasteiger partial charge in [-0.2, -0.15) is 0 Å². The minimum atomic E-state index is -0.0375. The van der Waals surface area contributed by atoms with Gasteiger partial charge in [0.2, 0.25) is 5.91 Å². The summed E-state index contributed by atoms with van der Waals surface area (Å²) in [6.45, 7) is 2.89. The van der Waals surface area contributed by atoms with Crippen LogP contribution in [-0.4, -0.2) is 12.5 Å². The fourth-order valence-electron chi connectivity index (χ4n) is 1.91. The lowest BCUT2D eigenvalue weighted by Crippen LogP contribution is -2.29. The molecule has 0 aliphatic carbocycles. The highest BCUT2D eigenvalue weighted by molar-refractivity contribution is 6.30. The Morgan fingerprint density at radius 1 is 1.00 bits per heavy atom. The summed E-state index contributed by atoms with van der Waals surface area (Å²) in [5.74, 6) is -0.0375. The van der Waals surface area contributed by atoms with E-state index in [9.17, 15) is 4.79 Å². The summed E-state index contributed by atoms with van der Waals surface area (Å²) < 4.78 is 0. The summed E-state index contributed by atoms with van der Waals surface area (Å²) in [5.41, 5.74) is 3.27. The third-order valence-electron chi connectivity index (χ3n) is 3.22. The maximum atomic E-state index is 11.8. The van der Waals surface area contributed by atoms with Crippen molar-refractivity contribution in [2.75, 3.05) is 11.9 Å². The molecule has 110 valence electrons. The molecule has 21 heavy (non-hydrogen) atoms. The van der Waals surface area contributed by atoms with Crippen molar-refractivity contribution in [3.8, 4) is 0 Å². The van der Waals surface area contributed by atoms with Gasteiger partial charge in [0, 0.05) is 17.3 Å². The van der Waals surface area contributed by atoms with Crippen LogP contribution in [-0.2, 0) is 17.8 Å². The molecule has 0 heterocycles. The van der Waals surface area contributed by atoms with E-state index in [-0.39, 0.29) is 12.5 Å². The molecule has 0 radical (unpaired) electrons. The minimum Gasteiger partial charge on any atom is -0.376 e. The van der Waals surface area contributed by atoms with E-state index in [1.807, 2.05) is 36.4 Å². The number of amides is 1. The first-order chi connectivity index (χ1) is 10.2. The van der Waals surface area contributed by atoms with Crippen LogP contribution in [0.5, 0.6) is 0 Å². The van der Waals surface area contributed by atoms with Crippen molar-refractivity contribution in [1.29, 1.82) is 0 Å².